The molecular weight excluding hydrogens is 335 g/mol. The second-order valence-corrected chi connectivity index (χ2v) is 5.96. The van der Waals surface area contributed by atoms with Gasteiger partial charge in [-0.25, -0.2) is 4.39 Å². The van der Waals surface area contributed by atoms with Gasteiger partial charge in [0.2, 0.25) is 11.8 Å². The van der Waals surface area contributed by atoms with Crippen LogP contribution in [0.4, 0.5) is 4.39 Å². The maximum atomic E-state index is 13.1. The predicted octanol–water partition coefficient (Wildman–Crippen LogP) is 2.54. The van der Waals surface area contributed by atoms with Gasteiger partial charge in [-0.2, -0.15) is 0 Å². The number of nitrogens with one attached hydrogen (secondary N) is 1. The fourth-order valence-corrected chi connectivity index (χ4v) is 2.60. The van der Waals surface area contributed by atoms with Gasteiger partial charge in [0.05, 0.1) is 13.5 Å². The van der Waals surface area contributed by atoms with Crippen LogP contribution in [0.2, 0.25) is 0 Å². The van der Waals surface area contributed by atoms with E-state index in [-0.39, 0.29) is 24.1 Å². The summed E-state index contributed by atoms with van der Waals surface area (Å²) in [5.41, 5.74) is 1.58. The minimum Gasteiger partial charge on any atom is -0.497 e. The normalized spacial score (nSPS) is 11.5. The molecule has 0 aromatic heterocycles. The second-order valence-electron chi connectivity index (χ2n) is 5.96. The second kappa shape index (κ2) is 8.99. The third-order valence-corrected chi connectivity index (χ3v) is 4.19. The van der Waals surface area contributed by atoms with Crippen molar-refractivity contribution in [2.75, 3.05) is 14.2 Å². The van der Waals surface area contributed by atoms with Crippen molar-refractivity contribution in [1.29, 1.82) is 0 Å². The Bertz CT molecular complexity index is 745. The molecule has 0 radical (unpaired) electrons. The topological polar surface area (TPSA) is 58.6 Å². The van der Waals surface area contributed by atoms with E-state index in [2.05, 4.69) is 5.32 Å². The van der Waals surface area contributed by atoms with Crippen LogP contribution in [0.15, 0.2) is 48.5 Å². The van der Waals surface area contributed by atoms with Crippen molar-refractivity contribution in [3.63, 3.8) is 0 Å². The number of ether oxygens (including phenoxy) is 1. The molecule has 1 atom stereocenters. The van der Waals surface area contributed by atoms with Crippen molar-refractivity contribution < 1.29 is 18.7 Å². The summed E-state index contributed by atoms with van der Waals surface area (Å²) in [6, 6.07) is 12.5. The number of rotatable bonds is 7. The van der Waals surface area contributed by atoms with E-state index in [4.69, 9.17) is 4.74 Å². The lowest BCUT2D eigenvalue weighted by molar-refractivity contribution is -0.139. The summed E-state index contributed by atoms with van der Waals surface area (Å²) >= 11 is 0. The van der Waals surface area contributed by atoms with Gasteiger partial charge in [0.1, 0.15) is 17.6 Å². The highest BCUT2D eigenvalue weighted by Gasteiger charge is 2.25. The fourth-order valence-electron chi connectivity index (χ4n) is 2.60. The zero-order chi connectivity index (χ0) is 19.1. The lowest BCUT2D eigenvalue weighted by atomic mass is 10.1. The molecule has 0 heterocycles. The van der Waals surface area contributed by atoms with Crippen molar-refractivity contribution >= 4 is 11.8 Å². The molecule has 0 saturated carbocycles. The lowest BCUT2D eigenvalue weighted by Gasteiger charge is -2.28. The number of amides is 2. The van der Waals surface area contributed by atoms with Gasteiger partial charge in [0.25, 0.3) is 0 Å². The number of hydrogen-bond donors (Lipinski definition) is 1. The Morgan fingerprint density at radius 2 is 1.65 bits per heavy atom. The molecule has 1 N–H and O–H groups in total. The van der Waals surface area contributed by atoms with Gasteiger partial charge in [-0.05, 0) is 42.3 Å². The first-order chi connectivity index (χ1) is 12.4. The monoisotopic (exact) mass is 358 g/mol. The van der Waals surface area contributed by atoms with Crippen LogP contribution in [0.25, 0.3) is 0 Å². The van der Waals surface area contributed by atoms with Crippen LogP contribution in [0.3, 0.4) is 0 Å². The first-order valence-electron chi connectivity index (χ1n) is 8.33. The number of likely N-dealkylation sites (N-methyl/N-ethyl adjacent to an activating group) is 1. The molecule has 0 aliphatic carbocycles. The van der Waals surface area contributed by atoms with Crippen molar-refractivity contribution in [3.8, 4) is 5.75 Å². The highest BCUT2D eigenvalue weighted by atomic mass is 19.1. The van der Waals surface area contributed by atoms with Crippen LogP contribution in [-0.2, 0) is 22.6 Å². The van der Waals surface area contributed by atoms with Gasteiger partial charge >= 0.3 is 0 Å². The Labute approximate surface area is 152 Å². The molecule has 0 saturated heterocycles. The maximum Gasteiger partial charge on any atom is 0.242 e. The molecule has 0 aliphatic rings. The Morgan fingerprint density at radius 3 is 2.19 bits per heavy atom. The molecule has 2 aromatic rings. The van der Waals surface area contributed by atoms with Gasteiger partial charge < -0.3 is 15.0 Å². The number of halogens is 1. The SMILES string of the molecule is CNC(=O)[C@H](C)N(Cc1ccc(OC)cc1)C(=O)Cc1ccc(F)cc1. The highest BCUT2D eigenvalue weighted by Crippen LogP contribution is 2.16. The minimum atomic E-state index is -0.630. The van der Waals surface area contributed by atoms with Crippen molar-refractivity contribution in [1.82, 2.24) is 10.2 Å². The lowest BCUT2D eigenvalue weighted by Crippen LogP contribution is -2.47. The summed E-state index contributed by atoms with van der Waals surface area (Å²) in [6.45, 7) is 1.98. The van der Waals surface area contributed by atoms with Crippen LogP contribution >= 0.6 is 0 Å². The van der Waals surface area contributed by atoms with E-state index in [1.54, 1.807) is 26.2 Å². The molecule has 138 valence electrons. The Balaban J connectivity index is 2.19. The van der Waals surface area contributed by atoms with Gasteiger partial charge in [0.15, 0.2) is 0 Å². The molecule has 0 bridgehead atoms. The third kappa shape index (κ3) is 5.05. The number of methoxy groups -OCH3 is 1. The number of benzene rings is 2. The predicted molar refractivity (Wildman–Crippen MR) is 97.2 cm³/mol. The van der Waals surface area contributed by atoms with Gasteiger partial charge in [-0.15, -0.1) is 0 Å². The number of carbonyl (C=O) groups excluding carboxylic acids is 2. The Morgan fingerprint density at radius 1 is 1.08 bits per heavy atom. The molecule has 6 heteroatoms. The Kier molecular flexibility index (Phi) is 6.72. The summed E-state index contributed by atoms with van der Waals surface area (Å²) < 4.78 is 18.2. The van der Waals surface area contributed by atoms with E-state index in [0.717, 1.165) is 11.3 Å². The van der Waals surface area contributed by atoms with E-state index in [0.29, 0.717) is 12.1 Å². The molecule has 0 fully saturated rings. The smallest absolute Gasteiger partial charge is 0.242 e. The average molecular weight is 358 g/mol. The zero-order valence-corrected chi connectivity index (χ0v) is 15.2. The summed E-state index contributed by atoms with van der Waals surface area (Å²) in [5.74, 6) is -0.0817. The van der Waals surface area contributed by atoms with Gasteiger partial charge in [0, 0.05) is 13.6 Å². The molecular formula is C20H23FN2O3. The number of hydrogen-bond acceptors (Lipinski definition) is 3. The summed E-state index contributed by atoms with van der Waals surface area (Å²) in [7, 11) is 3.12. The molecule has 0 aliphatic heterocycles. The molecule has 0 spiro atoms. The van der Waals surface area contributed by atoms with E-state index >= 15 is 0 Å². The summed E-state index contributed by atoms with van der Waals surface area (Å²) in [6.07, 6.45) is 0.0950. The third-order valence-electron chi connectivity index (χ3n) is 4.19. The molecule has 0 unspecified atom stereocenters. The largest absolute Gasteiger partial charge is 0.497 e. The number of nitrogens with zero attached hydrogens (tertiary/aromatic N) is 1. The quantitative estimate of drug-likeness (QED) is 0.827. The standard InChI is InChI=1S/C20H23FN2O3/c1-14(20(25)22-2)23(13-16-6-10-18(26-3)11-7-16)19(24)12-15-4-8-17(21)9-5-15/h4-11,14H,12-13H2,1-3H3,(H,22,25)/t14-/m0/s1. The van der Waals surface area contributed by atoms with E-state index < -0.39 is 6.04 Å². The van der Waals surface area contributed by atoms with Crippen LogP contribution in [0, 0.1) is 5.82 Å². The summed E-state index contributed by atoms with van der Waals surface area (Å²) in [4.78, 5) is 26.4. The van der Waals surface area contributed by atoms with Gasteiger partial charge in [-0.1, -0.05) is 24.3 Å². The van der Waals surface area contributed by atoms with Crippen LogP contribution < -0.4 is 10.1 Å². The zero-order valence-electron chi connectivity index (χ0n) is 15.2. The first kappa shape index (κ1) is 19.4. The molecule has 2 rings (SSSR count). The van der Waals surface area contributed by atoms with E-state index in [1.807, 2.05) is 24.3 Å². The maximum absolute atomic E-state index is 13.1. The van der Waals surface area contributed by atoms with Crippen molar-refractivity contribution in [2.24, 2.45) is 0 Å². The van der Waals surface area contributed by atoms with Crippen LogP contribution in [0.1, 0.15) is 18.1 Å². The molecule has 26 heavy (non-hydrogen) atoms. The molecule has 2 amide bonds. The minimum absolute atomic E-state index is 0.0950. The highest BCUT2D eigenvalue weighted by molar-refractivity contribution is 5.88. The Hall–Kier alpha value is -2.89. The van der Waals surface area contributed by atoms with Crippen molar-refractivity contribution in [2.45, 2.75) is 25.9 Å². The van der Waals surface area contributed by atoms with E-state index in [9.17, 15) is 14.0 Å². The molecule has 2 aromatic carbocycles. The van der Waals surface area contributed by atoms with E-state index in [1.165, 1.54) is 24.1 Å². The van der Waals surface area contributed by atoms with Crippen molar-refractivity contribution in [3.05, 3.63) is 65.5 Å². The number of carbonyl (C=O) groups is 2. The molecule has 5 nitrogen and oxygen atoms in total. The van der Waals surface area contributed by atoms with Crippen LogP contribution in [-0.4, -0.2) is 36.9 Å². The first-order valence-corrected chi connectivity index (χ1v) is 8.33. The fraction of sp³-hybridized carbons (Fsp3) is 0.300. The average Bonchev–Trinajstić information content (AvgIpc) is 2.67. The summed E-state index contributed by atoms with van der Waals surface area (Å²) in [5, 5.41) is 2.57. The van der Waals surface area contributed by atoms with Gasteiger partial charge in [-0.3, -0.25) is 9.59 Å². The van der Waals surface area contributed by atoms with Crippen LogP contribution in [0.5, 0.6) is 5.75 Å².